The first-order chi connectivity index (χ1) is 11.6. The molecule has 3 aromatic rings. The zero-order valence-corrected chi connectivity index (χ0v) is 14.3. The van der Waals surface area contributed by atoms with E-state index in [1.807, 2.05) is 56.3 Å². The molecule has 0 aliphatic carbocycles. The molecule has 0 bridgehead atoms. The molecule has 0 saturated heterocycles. The van der Waals surface area contributed by atoms with Gasteiger partial charge in [0.05, 0.1) is 5.75 Å². The van der Waals surface area contributed by atoms with Crippen LogP contribution in [-0.2, 0) is 5.75 Å². The van der Waals surface area contributed by atoms with Gasteiger partial charge < -0.3 is 4.42 Å². The minimum atomic E-state index is -0.251. The van der Waals surface area contributed by atoms with Crippen LogP contribution in [0.3, 0.4) is 0 Å². The molecule has 0 atom stereocenters. The highest BCUT2D eigenvalue weighted by Gasteiger charge is 2.13. The van der Waals surface area contributed by atoms with Gasteiger partial charge in [-0.05, 0) is 37.6 Å². The second-order valence-electron chi connectivity index (χ2n) is 5.38. The number of amides is 1. The quantitative estimate of drug-likeness (QED) is 0.705. The first-order valence-electron chi connectivity index (χ1n) is 7.50. The average Bonchev–Trinajstić information content (AvgIpc) is 3.01. The molecule has 0 radical (unpaired) electrons. The van der Waals surface area contributed by atoms with Crippen LogP contribution in [0.2, 0.25) is 0 Å². The number of carbonyl (C=O) groups excluding carboxylic acids is 1. The predicted octanol–water partition coefficient (Wildman–Crippen LogP) is 4.23. The minimum absolute atomic E-state index is 0.114. The van der Waals surface area contributed by atoms with Crippen molar-refractivity contribution in [3.05, 3.63) is 71.1 Å². The Morgan fingerprint density at radius 2 is 1.92 bits per heavy atom. The van der Waals surface area contributed by atoms with Crippen LogP contribution in [0.4, 0.5) is 6.01 Å². The summed E-state index contributed by atoms with van der Waals surface area (Å²) in [5, 5.41) is 10.5. The zero-order valence-electron chi connectivity index (χ0n) is 13.4. The number of benzene rings is 2. The van der Waals surface area contributed by atoms with Gasteiger partial charge in [-0.2, -0.15) is 0 Å². The van der Waals surface area contributed by atoms with E-state index in [2.05, 4.69) is 15.5 Å². The lowest BCUT2D eigenvalue weighted by Crippen LogP contribution is -2.13. The molecule has 0 spiro atoms. The van der Waals surface area contributed by atoms with Crippen molar-refractivity contribution in [2.75, 3.05) is 5.32 Å². The average molecular weight is 339 g/mol. The van der Waals surface area contributed by atoms with Gasteiger partial charge in [-0.15, -0.1) is 16.9 Å². The second-order valence-corrected chi connectivity index (χ2v) is 6.42. The molecule has 1 heterocycles. The topological polar surface area (TPSA) is 68.0 Å². The van der Waals surface area contributed by atoms with Gasteiger partial charge in [-0.3, -0.25) is 10.1 Å². The van der Waals surface area contributed by atoms with E-state index >= 15 is 0 Å². The normalized spacial score (nSPS) is 10.6. The standard InChI is InChI=1S/C18H17N3O2S/c1-12-8-9-15(13(2)10-12)17(22)19-18-21-20-16(23-18)11-24-14-6-4-3-5-7-14/h3-10H,11H2,1-2H3,(H,19,21,22). The molecule has 5 nitrogen and oxygen atoms in total. The predicted molar refractivity (Wildman–Crippen MR) is 94.2 cm³/mol. The fraction of sp³-hybridized carbons (Fsp3) is 0.167. The van der Waals surface area contributed by atoms with Gasteiger partial charge in [-0.1, -0.05) is 41.0 Å². The summed E-state index contributed by atoms with van der Waals surface area (Å²) in [6.45, 7) is 3.89. The number of thioether (sulfide) groups is 1. The number of rotatable bonds is 5. The Hall–Kier alpha value is -2.60. The maximum absolute atomic E-state index is 12.3. The van der Waals surface area contributed by atoms with E-state index in [-0.39, 0.29) is 11.9 Å². The van der Waals surface area contributed by atoms with Crippen molar-refractivity contribution in [1.29, 1.82) is 0 Å². The van der Waals surface area contributed by atoms with E-state index in [1.54, 1.807) is 17.8 Å². The molecule has 2 aromatic carbocycles. The fourth-order valence-corrected chi connectivity index (χ4v) is 3.01. The molecule has 1 aromatic heterocycles. The van der Waals surface area contributed by atoms with E-state index in [0.29, 0.717) is 17.2 Å². The summed E-state index contributed by atoms with van der Waals surface area (Å²) in [5.41, 5.74) is 2.62. The first-order valence-corrected chi connectivity index (χ1v) is 8.49. The fourth-order valence-electron chi connectivity index (χ4n) is 2.26. The molecule has 3 rings (SSSR count). The van der Waals surface area contributed by atoms with Crippen molar-refractivity contribution < 1.29 is 9.21 Å². The molecule has 6 heteroatoms. The van der Waals surface area contributed by atoms with Crippen molar-refractivity contribution in [2.45, 2.75) is 24.5 Å². The third-order valence-corrected chi connectivity index (χ3v) is 4.42. The van der Waals surface area contributed by atoms with Crippen molar-refractivity contribution in [2.24, 2.45) is 0 Å². The molecule has 122 valence electrons. The Balaban J connectivity index is 1.62. The molecule has 0 saturated carbocycles. The van der Waals surface area contributed by atoms with Gasteiger partial charge in [0.25, 0.3) is 5.91 Å². The number of aryl methyl sites for hydroxylation is 2. The molecule has 0 aliphatic heterocycles. The van der Waals surface area contributed by atoms with E-state index in [1.165, 1.54) is 0 Å². The summed E-state index contributed by atoms with van der Waals surface area (Å²) in [6.07, 6.45) is 0. The first kappa shape index (κ1) is 16.3. The van der Waals surface area contributed by atoms with Crippen molar-refractivity contribution >= 4 is 23.7 Å². The van der Waals surface area contributed by atoms with Crippen LogP contribution in [0.15, 0.2) is 57.8 Å². The monoisotopic (exact) mass is 339 g/mol. The van der Waals surface area contributed by atoms with E-state index in [4.69, 9.17) is 4.42 Å². The lowest BCUT2D eigenvalue weighted by molar-refractivity contribution is 0.102. The van der Waals surface area contributed by atoms with Gasteiger partial charge in [0.15, 0.2) is 0 Å². The molecule has 24 heavy (non-hydrogen) atoms. The number of hydrogen-bond acceptors (Lipinski definition) is 5. The van der Waals surface area contributed by atoms with E-state index < -0.39 is 0 Å². The lowest BCUT2D eigenvalue weighted by Gasteiger charge is -2.05. The summed E-state index contributed by atoms with van der Waals surface area (Å²) in [4.78, 5) is 13.4. The SMILES string of the molecule is Cc1ccc(C(=O)Nc2nnc(CSc3ccccc3)o2)c(C)c1. The molecule has 1 amide bonds. The number of nitrogens with zero attached hydrogens (tertiary/aromatic N) is 2. The zero-order chi connectivity index (χ0) is 16.9. The lowest BCUT2D eigenvalue weighted by atomic mass is 10.1. The molecular weight excluding hydrogens is 322 g/mol. The number of carbonyl (C=O) groups is 1. The molecule has 0 unspecified atom stereocenters. The number of aromatic nitrogens is 2. The molecule has 0 aliphatic rings. The van der Waals surface area contributed by atoms with Crippen LogP contribution >= 0.6 is 11.8 Å². The van der Waals surface area contributed by atoms with Crippen LogP contribution in [0, 0.1) is 13.8 Å². The maximum Gasteiger partial charge on any atom is 0.322 e. The maximum atomic E-state index is 12.3. The van der Waals surface area contributed by atoms with Crippen LogP contribution in [0.5, 0.6) is 0 Å². The Bertz CT molecular complexity index is 846. The summed E-state index contributed by atoms with van der Waals surface area (Å²) in [7, 11) is 0. The summed E-state index contributed by atoms with van der Waals surface area (Å²) >= 11 is 1.60. The summed E-state index contributed by atoms with van der Waals surface area (Å²) in [6, 6.07) is 15.7. The Morgan fingerprint density at radius 3 is 2.67 bits per heavy atom. The molecular formula is C18H17N3O2S. The number of anilines is 1. The van der Waals surface area contributed by atoms with Gasteiger partial charge >= 0.3 is 6.01 Å². The highest BCUT2D eigenvalue weighted by molar-refractivity contribution is 7.98. The van der Waals surface area contributed by atoms with Gasteiger partial charge in [-0.25, -0.2) is 0 Å². The minimum Gasteiger partial charge on any atom is -0.407 e. The Labute approximate surface area is 144 Å². The van der Waals surface area contributed by atoms with Crippen molar-refractivity contribution in [3.63, 3.8) is 0 Å². The highest BCUT2D eigenvalue weighted by atomic mass is 32.2. The molecule has 1 N–H and O–H groups in total. The summed E-state index contributed by atoms with van der Waals surface area (Å²) in [5.74, 6) is 0.773. The second kappa shape index (κ2) is 7.31. The summed E-state index contributed by atoms with van der Waals surface area (Å²) < 4.78 is 5.49. The number of hydrogen-bond donors (Lipinski definition) is 1. The van der Waals surface area contributed by atoms with E-state index in [9.17, 15) is 4.79 Å². The van der Waals surface area contributed by atoms with Crippen LogP contribution in [0.25, 0.3) is 0 Å². The number of nitrogens with one attached hydrogen (secondary N) is 1. The van der Waals surface area contributed by atoms with E-state index in [0.717, 1.165) is 16.0 Å². The van der Waals surface area contributed by atoms with Crippen LogP contribution in [0.1, 0.15) is 27.4 Å². The molecule has 0 fully saturated rings. The third kappa shape index (κ3) is 4.02. The Kier molecular flexibility index (Phi) is 4.96. The third-order valence-electron chi connectivity index (χ3n) is 3.42. The van der Waals surface area contributed by atoms with Gasteiger partial charge in [0.2, 0.25) is 5.89 Å². The highest BCUT2D eigenvalue weighted by Crippen LogP contribution is 2.22. The van der Waals surface area contributed by atoms with Gasteiger partial charge in [0, 0.05) is 10.5 Å². The van der Waals surface area contributed by atoms with Gasteiger partial charge in [0.1, 0.15) is 0 Å². The largest absolute Gasteiger partial charge is 0.407 e. The van der Waals surface area contributed by atoms with Crippen molar-refractivity contribution in [3.8, 4) is 0 Å². The van der Waals surface area contributed by atoms with Crippen molar-refractivity contribution in [1.82, 2.24) is 10.2 Å². The Morgan fingerprint density at radius 1 is 1.12 bits per heavy atom. The smallest absolute Gasteiger partial charge is 0.322 e. The van der Waals surface area contributed by atoms with Crippen LogP contribution < -0.4 is 5.32 Å². The van der Waals surface area contributed by atoms with Crippen LogP contribution in [-0.4, -0.2) is 16.1 Å².